The molecular formula is C18H21N3OS. The van der Waals surface area contributed by atoms with E-state index in [1.165, 1.54) is 19.3 Å². The lowest BCUT2D eigenvalue weighted by atomic mass is 9.88. The van der Waals surface area contributed by atoms with Crippen molar-refractivity contribution < 1.29 is 4.79 Å². The van der Waals surface area contributed by atoms with Gasteiger partial charge in [0.25, 0.3) is 0 Å². The molecule has 0 radical (unpaired) electrons. The first-order valence-electron chi connectivity index (χ1n) is 8.41. The molecule has 5 heteroatoms. The Balaban J connectivity index is 1.44. The topological polar surface area (TPSA) is 46.9 Å². The monoisotopic (exact) mass is 327 g/mol. The average molecular weight is 327 g/mol. The molecule has 2 heterocycles. The number of imidazole rings is 1. The van der Waals surface area contributed by atoms with Crippen molar-refractivity contribution in [3.8, 4) is 11.3 Å². The maximum Gasteiger partial charge on any atom is 0.227 e. The molecule has 1 aromatic heterocycles. The number of nitrogens with one attached hydrogen (secondary N) is 1. The summed E-state index contributed by atoms with van der Waals surface area (Å²) in [5.41, 5.74) is 2.99. The molecule has 1 fully saturated rings. The smallest absolute Gasteiger partial charge is 0.227 e. The van der Waals surface area contributed by atoms with E-state index in [1.54, 1.807) is 11.8 Å². The van der Waals surface area contributed by atoms with Gasteiger partial charge in [-0.05, 0) is 25.0 Å². The molecule has 2 aromatic rings. The summed E-state index contributed by atoms with van der Waals surface area (Å²) < 4.78 is 2.21. The summed E-state index contributed by atoms with van der Waals surface area (Å²) in [5, 5.41) is 4.17. The number of benzene rings is 1. The van der Waals surface area contributed by atoms with E-state index in [2.05, 4.69) is 21.1 Å². The van der Waals surface area contributed by atoms with Crippen LogP contribution in [0.1, 0.15) is 32.1 Å². The van der Waals surface area contributed by atoms with Crippen LogP contribution < -0.4 is 5.32 Å². The van der Waals surface area contributed by atoms with Crippen LogP contribution in [-0.2, 0) is 11.3 Å². The molecule has 1 aliphatic carbocycles. The molecule has 4 nitrogen and oxygen atoms in total. The van der Waals surface area contributed by atoms with Crippen LogP contribution in [0.5, 0.6) is 0 Å². The van der Waals surface area contributed by atoms with E-state index >= 15 is 0 Å². The molecular weight excluding hydrogens is 306 g/mol. The van der Waals surface area contributed by atoms with Gasteiger partial charge in [0.05, 0.1) is 5.69 Å². The number of carbonyl (C=O) groups is 1. The van der Waals surface area contributed by atoms with Crippen LogP contribution in [-0.4, -0.2) is 21.2 Å². The minimum absolute atomic E-state index is 0.176. The molecule has 0 spiro atoms. The number of hydrogen-bond donors (Lipinski definition) is 1. The molecule has 1 saturated carbocycles. The van der Waals surface area contributed by atoms with E-state index < -0.39 is 0 Å². The van der Waals surface area contributed by atoms with Crippen molar-refractivity contribution >= 4 is 23.4 Å². The summed E-state index contributed by atoms with van der Waals surface area (Å²) in [4.78, 5) is 17.0. The molecule has 0 atom stereocenters. The van der Waals surface area contributed by atoms with Crippen LogP contribution >= 0.6 is 11.8 Å². The van der Waals surface area contributed by atoms with Crippen LogP contribution in [0.25, 0.3) is 11.3 Å². The molecule has 23 heavy (non-hydrogen) atoms. The van der Waals surface area contributed by atoms with Crippen LogP contribution in [0.2, 0.25) is 0 Å². The quantitative estimate of drug-likeness (QED) is 0.920. The predicted octanol–water partition coefficient (Wildman–Crippen LogP) is 4.17. The lowest BCUT2D eigenvalue weighted by Crippen LogP contribution is -2.24. The number of carbonyl (C=O) groups excluding carboxylic acids is 1. The summed E-state index contributed by atoms with van der Waals surface area (Å²) >= 11 is 1.81. The van der Waals surface area contributed by atoms with E-state index in [-0.39, 0.29) is 11.8 Å². The molecule has 0 bridgehead atoms. The number of hydrogen-bond acceptors (Lipinski definition) is 3. The molecule has 120 valence electrons. The van der Waals surface area contributed by atoms with E-state index in [9.17, 15) is 4.79 Å². The van der Waals surface area contributed by atoms with Gasteiger partial charge in [-0.15, -0.1) is 0 Å². The highest BCUT2D eigenvalue weighted by molar-refractivity contribution is 7.99. The normalized spacial score (nSPS) is 17.9. The van der Waals surface area contributed by atoms with Crippen molar-refractivity contribution in [2.24, 2.45) is 5.92 Å². The first kappa shape index (κ1) is 14.8. The van der Waals surface area contributed by atoms with Crippen LogP contribution in [0.4, 0.5) is 5.69 Å². The van der Waals surface area contributed by atoms with Crippen molar-refractivity contribution in [3.05, 3.63) is 30.5 Å². The van der Waals surface area contributed by atoms with Gasteiger partial charge in [-0.2, -0.15) is 0 Å². The number of thioether (sulfide) groups is 1. The molecule has 1 aromatic carbocycles. The fourth-order valence-electron chi connectivity index (χ4n) is 3.38. The highest BCUT2D eigenvalue weighted by Crippen LogP contribution is 2.30. The van der Waals surface area contributed by atoms with Gasteiger partial charge < -0.3 is 9.88 Å². The molecule has 2 aliphatic rings. The van der Waals surface area contributed by atoms with Gasteiger partial charge in [0, 0.05) is 35.7 Å². The standard InChI is InChI=1S/C18H21N3OS/c22-17(14-4-2-1-3-5-14)19-15-8-6-13(7-9-15)16-12-21-10-11-23-18(21)20-16/h6-9,12,14H,1-5,10-11H2,(H,19,22). The van der Waals surface area contributed by atoms with Crippen molar-refractivity contribution in [1.82, 2.24) is 9.55 Å². The molecule has 1 N–H and O–H groups in total. The van der Waals surface area contributed by atoms with Gasteiger partial charge >= 0.3 is 0 Å². The van der Waals surface area contributed by atoms with Crippen molar-refractivity contribution in [3.63, 3.8) is 0 Å². The van der Waals surface area contributed by atoms with Crippen molar-refractivity contribution in [1.29, 1.82) is 0 Å². The van der Waals surface area contributed by atoms with E-state index in [0.29, 0.717) is 0 Å². The zero-order chi connectivity index (χ0) is 15.6. The third-order valence-electron chi connectivity index (χ3n) is 4.73. The Hall–Kier alpha value is -1.75. The van der Waals surface area contributed by atoms with Gasteiger partial charge in [0.1, 0.15) is 0 Å². The molecule has 1 amide bonds. The Morgan fingerprint density at radius 2 is 1.96 bits per heavy atom. The number of rotatable bonds is 3. The number of nitrogens with zero attached hydrogens (tertiary/aromatic N) is 2. The largest absolute Gasteiger partial charge is 0.326 e. The second-order valence-electron chi connectivity index (χ2n) is 6.35. The fourth-order valence-corrected chi connectivity index (χ4v) is 4.33. The zero-order valence-corrected chi connectivity index (χ0v) is 13.9. The molecule has 1 aliphatic heterocycles. The lowest BCUT2D eigenvalue weighted by Gasteiger charge is -2.20. The fraction of sp³-hybridized carbons (Fsp3) is 0.444. The highest BCUT2D eigenvalue weighted by atomic mass is 32.2. The Bertz CT molecular complexity index is 680. The lowest BCUT2D eigenvalue weighted by molar-refractivity contribution is -0.120. The summed E-state index contributed by atoms with van der Waals surface area (Å²) in [6.07, 6.45) is 7.81. The summed E-state index contributed by atoms with van der Waals surface area (Å²) in [6.45, 7) is 1.04. The molecule has 0 saturated heterocycles. The van der Waals surface area contributed by atoms with Gasteiger partial charge in [0.2, 0.25) is 5.91 Å². The van der Waals surface area contributed by atoms with Crippen molar-refractivity contribution in [2.45, 2.75) is 43.8 Å². The number of anilines is 1. The third-order valence-corrected chi connectivity index (χ3v) is 5.70. The van der Waals surface area contributed by atoms with Crippen LogP contribution in [0.3, 0.4) is 0 Å². The van der Waals surface area contributed by atoms with Crippen molar-refractivity contribution in [2.75, 3.05) is 11.1 Å². The predicted molar refractivity (Wildman–Crippen MR) is 93.6 cm³/mol. The van der Waals surface area contributed by atoms with Crippen LogP contribution in [0.15, 0.2) is 35.6 Å². The zero-order valence-electron chi connectivity index (χ0n) is 13.1. The number of fused-ring (bicyclic) bond motifs is 1. The first-order valence-corrected chi connectivity index (χ1v) is 9.39. The van der Waals surface area contributed by atoms with E-state index in [1.807, 2.05) is 24.3 Å². The van der Waals surface area contributed by atoms with E-state index in [0.717, 1.165) is 47.2 Å². The Labute approximate surface area is 140 Å². The SMILES string of the molecule is O=C(Nc1ccc(-c2cn3c(n2)SCC3)cc1)C1CCCCC1. The van der Waals surface area contributed by atoms with Crippen LogP contribution in [0, 0.1) is 5.92 Å². The second kappa shape index (κ2) is 6.40. The minimum atomic E-state index is 0.176. The third kappa shape index (κ3) is 3.15. The number of amides is 1. The minimum Gasteiger partial charge on any atom is -0.326 e. The Morgan fingerprint density at radius 3 is 2.70 bits per heavy atom. The average Bonchev–Trinajstić information content (AvgIpc) is 3.18. The van der Waals surface area contributed by atoms with Gasteiger partial charge in [-0.1, -0.05) is 43.2 Å². The molecule has 0 unspecified atom stereocenters. The van der Waals surface area contributed by atoms with Gasteiger partial charge in [0.15, 0.2) is 5.16 Å². The maximum atomic E-state index is 12.3. The number of aromatic nitrogens is 2. The summed E-state index contributed by atoms with van der Waals surface area (Å²) in [7, 11) is 0. The maximum absolute atomic E-state index is 12.3. The van der Waals surface area contributed by atoms with Gasteiger partial charge in [-0.3, -0.25) is 4.79 Å². The van der Waals surface area contributed by atoms with Gasteiger partial charge in [-0.25, -0.2) is 4.98 Å². The Kier molecular flexibility index (Phi) is 4.12. The molecule has 4 rings (SSSR count). The summed E-state index contributed by atoms with van der Waals surface area (Å²) in [6, 6.07) is 8.04. The number of aryl methyl sites for hydroxylation is 1. The Morgan fingerprint density at radius 1 is 1.17 bits per heavy atom. The first-order chi connectivity index (χ1) is 11.3. The highest BCUT2D eigenvalue weighted by Gasteiger charge is 2.21. The van der Waals surface area contributed by atoms with E-state index in [4.69, 9.17) is 0 Å². The summed E-state index contributed by atoms with van der Waals surface area (Å²) in [5.74, 6) is 1.49. The second-order valence-corrected chi connectivity index (χ2v) is 7.41.